The number of carbonyl (C=O) groups excluding carboxylic acids is 2. The van der Waals surface area contributed by atoms with E-state index in [0.29, 0.717) is 17.0 Å². The average molecular weight is 480 g/mol. The molecule has 2 aromatic rings. The van der Waals surface area contributed by atoms with E-state index in [-0.39, 0.29) is 16.0 Å². The first-order valence-corrected chi connectivity index (χ1v) is 12.3. The minimum atomic E-state index is -3.59. The number of esters is 1. The van der Waals surface area contributed by atoms with E-state index in [2.05, 4.69) is 24.5 Å². The van der Waals surface area contributed by atoms with Gasteiger partial charge in [0.05, 0.1) is 17.6 Å². The molecule has 10 heteroatoms. The predicted octanol–water partition coefficient (Wildman–Crippen LogP) is 3.20. The van der Waals surface area contributed by atoms with Gasteiger partial charge in [0.25, 0.3) is 5.91 Å². The quantitative estimate of drug-likeness (QED) is 0.638. The fraction of sp³-hybridized carbons (Fsp3) is 0.455. The van der Waals surface area contributed by atoms with Gasteiger partial charge in [-0.3, -0.25) is 4.79 Å². The van der Waals surface area contributed by atoms with Gasteiger partial charge in [-0.05, 0) is 63.9 Å². The monoisotopic (exact) mass is 479 g/mol. The third-order valence-electron chi connectivity index (χ3n) is 5.36. The highest BCUT2D eigenvalue weighted by molar-refractivity contribution is 7.89. The maximum atomic E-state index is 12.9. The van der Waals surface area contributed by atoms with Gasteiger partial charge in [0.2, 0.25) is 10.0 Å². The average Bonchev–Trinajstić information content (AvgIpc) is 3.04. The number of nitrogens with zero attached hydrogens (tertiary/aromatic N) is 1. The third kappa shape index (κ3) is 4.45. The van der Waals surface area contributed by atoms with Crippen LogP contribution in [0.4, 0.5) is 5.00 Å². The van der Waals surface area contributed by atoms with Gasteiger partial charge >= 0.3 is 5.97 Å². The molecule has 32 heavy (non-hydrogen) atoms. The molecule has 0 spiro atoms. The Bertz CT molecular complexity index is 1160. The number of hydrogen-bond donors (Lipinski definition) is 2. The summed E-state index contributed by atoms with van der Waals surface area (Å²) in [7, 11) is 0.618. The number of nitrogens with one attached hydrogen (secondary N) is 2. The number of benzene rings is 1. The Morgan fingerprint density at radius 3 is 2.25 bits per heavy atom. The number of sulfonamides is 1. The molecule has 0 radical (unpaired) electrons. The summed E-state index contributed by atoms with van der Waals surface area (Å²) in [5.41, 5.74) is 0.890. The second-order valence-corrected chi connectivity index (χ2v) is 12.4. The van der Waals surface area contributed by atoms with E-state index >= 15 is 0 Å². The molecule has 0 atom stereocenters. The predicted molar refractivity (Wildman–Crippen MR) is 125 cm³/mol. The first kappa shape index (κ1) is 24.4. The third-order valence-corrected chi connectivity index (χ3v) is 8.66. The van der Waals surface area contributed by atoms with Gasteiger partial charge in [0.15, 0.2) is 0 Å². The Labute approximate surface area is 193 Å². The minimum Gasteiger partial charge on any atom is -0.465 e. The topological polar surface area (TPSA) is 105 Å². The molecule has 0 fully saturated rings. The summed E-state index contributed by atoms with van der Waals surface area (Å²) in [6.45, 7) is 8.22. The van der Waals surface area contributed by atoms with Crippen molar-refractivity contribution in [2.24, 2.45) is 0 Å². The molecule has 174 valence electrons. The van der Waals surface area contributed by atoms with Gasteiger partial charge < -0.3 is 15.4 Å². The van der Waals surface area contributed by atoms with E-state index in [9.17, 15) is 18.0 Å². The molecule has 0 unspecified atom stereocenters. The highest BCUT2D eigenvalue weighted by Gasteiger charge is 2.42. The molecule has 0 bridgehead atoms. The van der Waals surface area contributed by atoms with Crippen molar-refractivity contribution in [1.29, 1.82) is 0 Å². The van der Waals surface area contributed by atoms with Gasteiger partial charge in [-0.1, -0.05) is 0 Å². The molecule has 1 aliphatic heterocycles. The van der Waals surface area contributed by atoms with Crippen molar-refractivity contribution in [3.05, 3.63) is 45.8 Å². The first-order valence-electron chi connectivity index (χ1n) is 10.1. The molecule has 1 aliphatic rings. The van der Waals surface area contributed by atoms with Crippen LogP contribution in [0.15, 0.2) is 29.2 Å². The molecule has 0 saturated heterocycles. The van der Waals surface area contributed by atoms with Crippen LogP contribution in [0.1, 0.15) is 58.9 Å². The molecule has 1 amide bonds. The zero-order valence-corrected chi connectivity index (χ0v) is 21.0. The smallest absolute Gasteiger partial charge is 0.341 e. The number of thiophene rings is 1. The van der Waals surface area contributed by atoms with E-state index in [0.717, 1.165) is 14.7 Å². The number of fused-ring (bicyclic) bond motifs is 1. The summed E-state index contributed by atoms with van der Waals surface area (Å²) in [6, 6.07) is 5.68. The van der Waals surface area contributed by atoms with Crippen LogP contribution in [-0.4, -0.2) is 51.3 Å². The fourth-order valence-electron chi connectivity index (χ4n) is 4.10. The number of methoxy groups -OCH3 is 1. The molecule has 1 aromatic heterocycles. The van der Waals surface area contributed by atoms with E-state index in [4.69, 9.17) is 4.74 Å². The molecular formula is C22H29N3O5S2. The van der Waals surface area contributed by atoms with Crippen LogP contribution in [0.3, 0.4) is 0 Å². The second kappa shape index (κ2) is 8.26. The highest BCUT2D eigenvalue weighted by Crippen LogP contribution is 2.45. The Morgan fingerprint density at radius 1 is 1.12 bits per heavy atom. The van der Waals surface area contributed by atoms with Crippen LogP contribution >= 0.6 is 11.3 Å². The lowest BCUT2D eigenvalue weighted by atomic mass is 9.81. The van der Waals surface area contributed by atoms with Gasteiger partial charge in [-0.15, -0.1) is 11.3 Å². The van der Waals surface area contributed by atoms with E-state index < -0.39 is 27.4 Å². The summed E-state index contributed by atoms with van der Waals surface area (Å²) in [5, 5.41) is 6.84. The van der Waals surface area contributed by atoms with Crippen LogP contribution in [0, 0.1) is 0 Å². The lowest BCUT2D eigenvalue weighted by Gasteiger charge is -2.42. The number of hydrogen-bond acceptors (Lipinski definition) is 7. The molecule has 0 saturated carbocycles. The van der Waals surface area contributed by atoms with Crippen LogP contribution < -0.4 is 10.6 Å². The largest absolute Gasteiger partial charge is 0.465 e. The van der Waals surface area contributed by atoms with Crippen molar-refractivity contribution < 1.29 is 22.7 Å². The summed E-state index contributed by atoms with van der Waals surface area (Å²) in [5.74, 6) is -0.939. The van der Waals surface area contributed by atoms with Gasteiger partial charge in [-0.2, -0.15) is 0 Å². The van der Waals surface area contributed by atoms with Crippen molar-refractivity contribution >= 4 is 38.2 Å². The van der Waals surface area contributed by atoms with Crippen LogP contribution in [0.5, 0.6) is 0 Å². The number of carbonyl (C=O) groups is 2. The Morgan fingerprint density at radius 2 is 1.72 bits per heavy atom. The van der Waals surface area contributed by atoms with E-state index in [1.165, 1.54) is 56.8 Å². The maximum Gasteiger partial charge on any atom is 0.341 e. The standard InChI is InChI=1S/C22H29N3O5S2/c1-21(2)12-15-16(20(27)30-7)19(31-17(15)22(3,4)24-21)23-18(26)13-8-10-14(11-9-13)32(28,29)25(5)6/h8-11,24H,12H2,1-7H3,(H,23,26). The fourth-order valence-corrected chi connectivity index (χ4v) is 6.26. The zero-order chi connectivity index (χ0) is 24.1. The van der Waals surface area contributed by atoms with E-state index in [1.807, 2.05) is 13.8 Å². The normalized spacial score (nSPS) is 17.0. The van der Waals surface area contributed by atoms with Gasteiger partial charge in [0.1, 0.15) is 5.00 Å². The maximum absolute atomic E-state index is 12.9. The van der Waals surface area contributed by atoms with Crippen LogP contribution in [0.25, 0.3) is 0 Å². The minimum absolute atomic E-state index is 0.0935. The number of anilines is 1. The van der Waals surface area contributed by atoms with Gasteiger partial charge in [-0.25, -0.2) is 17.5 Å². The molecule has 2 N–H and O–H groups in total. The zero-order valence-electron chi connectivity index (χ0n) is 19.3. The highest BCUT2D eigenvalue weighted by atomic mass is 32.2. The van der Waals surface area contributed by atoms with Crippen molar-refractivity contribution in [3.8, 4) is 0 Å². The molecule has 2 heterocycles. The summed E-state index contributed by atoms with van der Waals surface area (Å²) < 4.78 is 30.6. The Kier molecular flexibility index (Phi) is 6.29. The van der Waals surface area contributed by atoms with Crippen LogP contribution in [-0.2, 0) is 26.7 Å². The lowest BCUT2D eigenvalue weighted by Crippen LogP contribution is -2.55. The lowest BCUT2D eigenvalue weighted by molar-refractivity contribution is 0.0600. The van der Waals surface area contributed by atoms with Crippen molar-refractivity contribution in [3.63, 3.8) is 0 Å². The number of amides is 1. The summed E-state index contributed by atoms with van der Waals surface area (Å²) in [4.78, 5) is 26.7. The SMILES string of the molecule is COC(=O)c1c(NC(=O)c2ccc(S(=O)(=O)N(C)C)cc2)sc2c1CC(C)(C)NC2(C)C. The molecule has 8 nitrogen and oxygen atoms in total. The Balaban J connectivity index is 1.98. The molecule has 1 aromatic carbocycles. The van der Waals surface area contributed by atoms with Crippen molar-refractivity contribution in [2.75, 3.05) is 26.5 Å². The number of ether oxygens (including phenoxy) is 1. The second-order valence-electron chi connectivity index (χ2n) is 9.18. The van der Waals surface area contributed by atoms with Gasteiger partial charge in [0, 0.05) is 35.6 Å². The molecular weight excluding hydrogens is 450 g/mol. The summed E-state index contributed by atoms with van der Waals surface area (Å²) in [6.07, 6.45) is 0.611. The molecule has 3 rings (SSSR count). The first-order chi connectivity index (χ1) is 14.7. The number of rotatable bonds is 5. The molecule has 0 aliphatic carbocycles. The Hall–Kier alpha value is -2.27. The van der Waals surface area contributed by atoms with Crippen molar-refractivity contribution in [2.45, 2.75) is 50.1 Å². The van der Waals surface area contributed by atoms with Crippen molar-refractivity contribution in [1.82, 2.24) is 9.62 Å². The summed E-state index contributed by atoms with van der Waals surface area (Å²) >= 11 is 1.35. The van der Waals surface area contributed by atoms with Crippen LogP contribution in [0.2, 0.25) is 0 Å². The van der Waals surface area contributed by atoms with E-state index in [1.54, 1.807) is 0 Å².